The third-order valence-electron chi connectivity index (χ3n) is 4.26. The summed E-state index contributed by atoms with van der Waals surface area (Å²) in [5, 5.41) is 0.161. The largest absolute Gasteiger partial charge is 0.454 e. The Morgan fingerprint density at radius 3 is 2.64 bits per heavy atom. The molecule has 0 amide bonds. The number of ether oxygens (including phenoxy) is 1. The minimum atomic E-state index is -3.66. The van der Waals surface area contributed by atoms with Gasteiger partial charge in [-0.15, -0.1) is 0 Å². The number of fused-ring (bicyclic) bond motifs is 1. The van der Waals surface area contributed by atoms with Crippen molar-refractivity contribution in [2.45, 2.75) is 23.8 Å². The van der Waals surface area contributed by atoms with Crippen molar-refractivity contribution < 1.29 is 17.9 Å². The van der Waals surface area contributed by atoms with Crippen LogP contribution in [0.5, 0.6) is 0 Å². The molecule has 0 bridgehead atoms. The minimum absolute atomic E-state index is 0.000622. The lowest BCUT2D eigenvalue weighted by Crippen LogP contribution is -2.22. The van der Waals surface area contributed by atoms with Crippen LogP contribution < -0.4 is 0 Å². The molecular weight excluding hydrogens is 362 g/mol. The molecule has 0 fully saturated rings. The summed E-state index contributed by atoms with van der Waals surface area (Å²) in [6.07, 6.45) is 1.21. The Morgan fingerprint density at radius 2 is 1.92 bits per heavy atom. The van der Waals surface area contributed by atoms with Crippen molar-refractivity contribution in [3.8, 4) is 0 Å². The third-order valence-corrected chi connectivity index (χ3v) is 6.40. The predicted octanol–water partition coefficient (Wildman–Crippen LogP) is 3.43. The molecule has 1 aliphatic rings. The molecule has 0 radical (unpaired) electrons. The Morgan fingerprint density at radius 1 is 1.20 bits per heavy atom. The van der Waals surface area contributed by atoms with E-state index in [0.717, 1.165) is 21.9 Å². The highest BCUT2D eigenvalue weighted by atomic mass is 35.5. The second kappa shape index (κ2) is 6.78. The normalized spacial score (nSPS) is 16.7. The molecule has 0 spiro atoms. The number of rotatable bonds is 4. The van der Waals surface area contributed by atoms with Gasteiger partial charge < -0.3 is 4.74 Å². The SMILES string of the molecule is CN(C)S(=O)(=O)c1ccc(Cl)c(C(=O)O[C@H]2CCc3ccccc32)c1. The fourth-order valence-corrected chi connectivity index (χ4v) is 3.99. The molecule has 1 atom stereocenters. The van der Waals surface area contributed by atoms with E-state index in [9.17, 15) is 13.2 Å². The van der Waals surface area contributed by atoms with Crippen LogP contribution >= 0.6 is 11.6 Å². The highest BCUT2D eigenvalue weighted by molar-refractivity contribution is 7.89. The summed E-state index contributed by atoms with van der Waals surface area (Å²) in [5.41, 5.74) is 2.20. The second-order valence-corrected chi connectivity index (χ2v) is 8.62. The van der Waals surface area contributed by atoms with Gasteiger partial charge in [-0.3, -0.25) is 0 Å². The minimum Gasteiger partial charge on any atom is -0.454 e. The van der Waals surface area contributed by atoms with E-state index in [-0.39, 0.29) is 21.6 Å². The van der Waals surface area contributed by atoms with Gasteiger partial charge in [0.25, 0.3) is 0 Å². The molecule has 0 aliphatic heterocycles. The van der Waals surface area contributed by atoms with Gasteiger partial charge in [-0.2, -0.15) is 0 Å². The lowest BCUT2D eigenvalue weighted by molar-refractivity contribution is 0.0301. The first-order chi connectivity index (χ1) is 11.8. The summed E-state index contributed by atoms with van der Waals surface area (Å²) in [5.74, 6) is -0.623. The Bertz CT molecular complexity index is 924. The predicted molar refractivity (Wildman–Crippen MR) is 95.2 cm³/mol. The van der Waals surface area contributed by atoms with Crippen LogP contribution in [0.15, 0.2) is 47.4 Å². The number of hydrogen-bond acceptors (Lipinski definition) is 4. The zero-order valence-corrected chi connectivity index (χ0v) is 15.5. The molecule has 2 aromatic rings. The molecule has 7 heteroatoms. The summed E-state index contributed by atoms with van der Waals surface area (Å²) < 4.78 is 31.2. The maximum absolute atomic E-state index is 12.6. The maximum atomic E-state index is 12.6. The molecular formula is C18H18ClNO4S. The van der Waals surface area contributed by atoms with Crippen LogP contribution in [-0.4, -0.2) is 32.8 Å². The molecule has 0 unspecified atom stereocenters. The van der Waals surface area contributed by atoms with Gasteiger partial charge in [0.05, 0.1) is 15.5 Å². The van der Waals surface area contributed by atoms with Crippen LogP contribution in [0.4, 0.5) is 0 Å². The van der Waals surface area contributed by atoms with Crippen LogP contribution in [0.25, 0.3) is 0 Å². The first-order valence-corrected chi connectivity index (χ1v) is 9.63. The van der Waals surface area contributed by atoms with Crippen molar-refractivity contribution in [1.29, 1.82) is 0 Å². The van der Waals surface area contributed by atoms with Crippen LogP contribution in [-0.2, 0) is 21.2 Å². The Hall–Kier alpha value is -1.89. The zero-order chi connectivity index (χ0) is 18.2. The van der Waals surface area contributed by atoms with Gasteiger partial charge in [0.1, 0.15) is 6.10 Å². The van der Waals surface area contributed by atoms with E-state index in [1.807, 2.05) is 24.3 Å². The van der Waals surface area contributed by atoms with E-state index in [1.54, 1.807) is 0 Å². The summed E-state index contributed by atoms with van der Waals surface area (Å²) in [6.45, 7) is 0. The van der Waals surface area contributed by atoms with Crippen molar-refractivity contribution in [3.05, 3.63) is 64.2 Å². The molecule has 2 aromatic carbocycles. The number of nitrogens with zero attached hydrogens (tertiary/aromatic N) is 1. The van der Waals surface area contributed by atoms with Crippen LogP contribution in [0.2, 0.25) is 5.02 Å². The zero-order valence-electron chi connectivity index (χ0n) is 13.9. The molecule has 25 heavy (non-hydrogen) atoms. The number of benzene rings is 2. The number of sulfonamides is 1. The maximum Gasteiger partial charge on any atom is 0.340 e. The average Bonchev–Trinajstić information content (AvgIpc) is 2.98. The van der Waals surface area contributed by atoms with Crippen LogP contribution in [0.3, 0.4) is 0 Å². The first kappa shape index (κ1) is 17.9. The molecule has 3 rings (SSSR count). The number of hydrogen-bond donors (Lipinski definition) is 0. The lowest BCUT2D eigenvalue weighted by Gasteiger charge is -2.16. The smallest absolute Gasteiger partial charge is 0.340 e. The quantitative estimate of drug-likeness (QED) is 0.763. The van der Waals surface area contributed by atoms with E-state index in [0.29, 0.717) is 6.42 Å². The van der Waals surface area contributed by atoms with Crippen LogP contribution in [0.1, 0.15) is 34.0 Å². The fraction of sp³-hybridized carbons (Fsp3) is 0.278. The topological polar surface area (TPSA) is 63.7 Å². The Kier molecular flexibility index (Phi) is 4.86. The van der Waals surface area contributed by atoms with Gasteiger partial charge in [-0.1, -0.05) is 35.9 Å². The summed E-state index contributed by atoms with van der Waals surface area (Å²) >= 11 is 6.10. The number of esters is 1. The van der Waals surface area contributed by atoms with Gasteiger partial charge >= 0.3 is 5.97 Å². The third kappa shape index (κ3) is 3.42. The van der Waals surface area contributed by atoms with Crippen LogP contribution in [0, 0.1) is 0 Å². The summed E-state index contributed by atoms with van der Waals surface area (Å²) in [7, 11) is -0.803. The molecule has 0 saturated heterocycles. The van der Waals surface area contributed by atoms with E-state index < -0.39 is 16.0 Å². The van der Waals surface area contributed by atoms with E-state index >= 15 is 0 Å². The summed E-state index contributed by atoms with van der Waals surface area (Å²) in [6, 6.07) is 11.9. The second-order valence-electron chi connectivity index (χ2n) is 6.06. The fourth-order valence-electron chi connectivity index (χ4n) is 2.87. The van der Waals surface area contributed by atoms with Crippen molar-refractivity contribution in [3.63, 3.8) is 0 Å². The lowest BCUT2D eigenvalue weighted by atomic mass is 10.1. The van der Waals surface area contributed by atoms with E-state index in [2.05, 4.69) is 0 Å². The van der Waals surface area contributed by atoms with Gasteiger partial charge in [0, 0.05) is 14.1 Å². The van der Waals surface area contributed by atoms with Crippen molar-refractivity contribution >= 4 is 27.6 Å². The van der Waals surface area contributed by atoms with E-state index in [1.165, 1.54) is 32.3 Å². The highest BCUT2D eigenvalue weighted by Gasteiger charge is 2.27. The van der Waals surface area contributed by atoms with Gasteiger partial charge in [0.15, 0.2) is 0 Å². The molecule has 0 heterocycles. The molecule has 0 aromatic heterocycles. The first-order valence-electron chi connectivity index (χ1n) is 7.81. The molecule has 132 valence electrons. The standard InChI is InChI=1S/C18H18ClNO4S/c1-20(2)25(22,23)13-8-9-16(19)15(11-13)18(21)24-17-10-7-12-5-3-4-6-14(12)17/h3-6,8-9,11,17H,7,10H2,1-2H3/t17-/m0/s1. The van der Waals surface area contributed by atoms with Gasteiger partial charge in [-0.25, -0.2) is 17.5 Å². The van der Waals surface area contributed by atoms with Crippen molar-refractivity contribution in [2.24, 2.45) is 0 Å². The monoisotopic (exact) mass is 379 g/mol. The van der Waals surface area contributed by atoms with Crippen molar-refractivity contribution in [1.82, 2.24) is 4.31 Å². The Labute approximate surface area is 152 Å². The number of carbonyl (C=O) groups excluding carboxylic acids is 1. The van der Waals surface area contributed by atoms with E-state index in [4.69, 9.17) is 16.3 Å². The molecule has 0 saturated carbocycles. The molecule has 1 aliphatic carbocycles. The highest BCUT2D eigenvalue weighted by Crippen LogP contribution is 2.35. The Balaban J connectivity index is 1.88. The number of carbonyl (C=O) groups is 1. The van der Waals surface area contributed by atoms with Crippen molar-refractivity contribution in [2.75, 3.05) is 14.1 Å². The number of halogens is 1. The number of aryl methyl sites for hydroxylation is 1. The van der Waals surface area contributed by atoms with Gasteiger partial charge in [-0.05, 0) is 42.2 Å². The molecule has 5 nitrogen and oxygen atoms in total. The average molecular weight is 380 g/mol. The molecule has 0 N–H and O–H groups in total. The summed E-state index contributed by atoms with van der Waals surface area (Å²) in [4.78, 5) is 12.6. The van der Waals surface area contributed by atoms with Gasteiger partial charge in [0.2, 0.25) is 10.0 Å².